The number of amides is 2. The van der Waals surface area contributed by atoms with Crippen molar-refractivity contribution in [2.24, 2.45) is 0 Å². The van der Waals surface area contributed by atoms with Crippen LogP contribution in [0.1, 0.15) is 6.92 Å². The van der Waals surface area contributed by atoms with E-state index in [2.05, 4.69) is 5.32 Å². The number of carbonyl (C=O) groups excluding carboxylic acids is 1. The molecule has 2 amide bonds. The lowest BCUT2D eigenvalue weighted by atomic mass is 10.3. The highest BCUT2D eigenvalue weighted by atomic mass is 32.2. The normalized spacial score (nSPS) is 10.8. The first-order valence-electron chi connectivity index (χ1n) is 6.35. The molecule has 0 aliphatic carbocycles. The highest BCUT2D eigenvalue weighted by Gasteiger charge is 2.15. The molecule has 8 heteroatoms. The number of aliphatic hydroxyl groups excluding tert-OH is 1. The third-order valence-electron chi connectivity index (χ3n) is 2.59. The van der Waals surface area contributed by atoms with Crippen LogP contribution in [0.25, 0.3) is 0 Å². The van der Waals surface area contributed by atoms with Gasteiger partial charge in [-0.05, 0) is 25.1 Å². The molecule has 0 aliphatic heterocycles. The van der Waals surface area contributed by atoms with Gasteiger partial charge in [0, 0.05) is 18.0 Å². The first kappa shape index (κ1) is 17.6. The zero-order chi connectivity index (χ0) is 15.8. The summed E-state index contributed by atoms with van der Waals surface area (Å²) in [5.41, 5.74) is 0.141. The molecular formula is C13H17F3N2O2S. The van der Waals surface area contributed by atoms with E-state index in [-0.39, 0.29) is 18.8 Å². The summed E-state index contributed by atoms with van der Waals surface area (Å²) in [5.74, 6) is -1.01. The Kier molecular flexibility index (Phi) is 7.38. The van der Waals surface area contributed by atoms with E-state index in [4.69, 9.17) is 5.11 Å². The second-order valence-electron chi connectivity index (χ2n) is 4.08. The van der Waals surface area contributed by atoms with Gasteiger partial charge in [0.25, 0.3) is 0 Å². The van der Waals surface area contributed by atoms with Crippen molar-refractivity contribution in [1.82, 2.24) is 4.90 Å². The molecule has 1 aromatic rings. The van der Waals surface area contributed by atoms with Crippen LogP contribution in [-0.2, 0) is 0 Å². The summed E-state index contributed by atoms with van der Waals surface area (Å²) in [5, 5.41) is 11.3. The Morgan fingerprint density at radius 3 is 2.76 bits per heavy atom. The van der Waals surface area contributed by atoms with Crippen LogP contribution in [-0.4, -0.2) is 47.9 Å². The van der Waals surface area contributed by atoms with Crippen LogP contribution in [0.3, 0.4) is 0 Å². The predicted molar refractivity (Wildman–Crippen MR) is 76.5 cm³/mol. The van der Waals surface area contributed by atoms with Crippen LogP contribution >= 0.6 is 11.8 Å². The van der Waals surface area contributed by atoms with E-state index in [0.29, 0.717) is 11.4 Å². The second-order valence-corrected chi connectivity index (χ2v) is 5.14. The lowest BCUT2D eigenvalue weighted by Gasteiger charge is -2.21. The third kappa shape index (κ3) is 5.84. The summed E-state index contributed by atoms with van der Waals surface area (Å²) in [6.07, 6.45) is -2.50. The van der Waals surface area contributed by atoms with Crippen LogP contribution in [0.4, 0.5) is 23.7 Å². The monoisotopic (exact) mass is 322 g/mol. The topological polar surface area (TPSA) is 52.6 Å². The molecule has 4 nitrogen and oxygen atoms in total. The van der Waals surface area contributed by atoms with Gasteiger partial charge in [0.1, 0.15) is 5.82 Å². The summed E-state index contributed by atoms with van der Waals surface area (Å²) >= 11 is 0.839. The first-order chi connectivity index (χ1) is 9.97. The minimum Gasteiger partial charge on any atom is -0.395 e. The number of carbonyl (C=O) groups is 1. The van der Waals surface area contributed by atoms with E-state index in [9.17, 15) is 18.0 Å². The zero-order valence-corrected chi connectivity index (χ0v) is 12.3. The number of nitrogens with zero attached hydrogens (tertiary/aromatic N) is 1. The molecule has 0 fully saturated rings. The Morgan fingerprint density at radius 1 is 1.48 bits per heavy atom. The molecule has 0 unspecified atom stereocenters. The molecule has 1 aromatic carbocycles. The fourth-order valence-electron chi connectivity index (χ4n) is 1.60. The number of nitrogens with one attached hydrogen (secondary N) is 1. The number of hydrogen-bond donors (Lipinski definition) is 2. The third-order valence-corrected chi connectivity index (χ3v) is 3.67. The summed E-state index contributed by atoms with van der Waals surface area (Å²) in [7, 11) is 0. The van der Waals surface area contributed by atoms with E-state index in [1.807, 2.05) is 0 Å². The molecule has 2 N–H and O–H groups in total. The standard InChI is InChI=1S/C13H17F3N2O2S/c1-2-18(5-6-19)13(20)17-10-7-9(14)3-4-11(10)21-8-12(15)16/h3-4,7,12,19H,2,5-6,8H2,1H3,(H,17,20). The molecule has 0 bridgehead atoms. The van der Waals surface area contributed by atoms with Crippen molar-refractivity contribution in [2.45, 2.75) is 18.2 Å². The Labute approximate surface area is 125 Å². The molecule has 0 saturated heterocycles. The fraction of sp³-hybridized carbons (Fsp3) is 0.462. The maximum absolute atomic E-state index is 13.3. The molecule has 0 radical (unpaired) electrons. The van der Waals surface area contributed by atoms with Gasteiger partial charge < -0.3 is 15.3 Å². The summed E-state index contributed by atoms with van der Waals surface area (Å²) < 4.78 is 37.8. The number of rotatable bonds is 7. The second kappa shape index (κ2) is 8.78. The van der Waals surface area contributed by atoms with Crippen molar-refractivity contribution < 1.29 is 23.1 Å². The molecule has 0 spiro atoms. The van der Waals surface area contributed by atoms with E-state index in [1.54, 1.807) is 6.92 Å². The van der Waals surface area contributed by atoms with Crippen molar-refractivity contribution in [1.29, 1.82) is 0 Å². The molecule has 118 valence electrons. The maximum atomic E-state index is 13.3. The molecule has 0 atom stereocenters. The van der Waals surface area contributed by atoms with E-state index >= 15 is 0 Å². The predicted octanol–water partition coefficient (Wildman–Crippen LogP) is 3.03. The van der Waals surface area contributed by atoms with Gasteiger partial charge in [0.05, 0.1) is 18.0 Å². The largest absolute Gasteiger partial charge is 0.395 e. The van der Waals surface area contributed by atoms with Crippen LogP contribution in [0.15, 0.2) is 23.1 Å². The van der Waals surface area contributed by atoms with Crippen molar-refractivity contribution in [3.63, 3.8) is 0 Å². The van der Waals surface area contributed by atoms with Gasteiger partial charge in [-0.1, -0.05) is 0 Å². The summed E-state index contributed by atoms with van der Waals surface area (Å²) in [6.45, 7) is 2.03. The number of likely N-dealkylation sites (N-methyl/N-ethyl adjacent to an activating group) is 1. The van der Waals surface area contributed by atoms with Crippen LogP contribution < -0.4 is 5.32 Å². The number of benzene rings is 1. The van der Waals surface area contributed by atoms with E-state index in [0.717, 1.165) is 23.9 Å². The SMILES string of the molecule is CCN(CCO)C(=O)Nc1cc(F)ccc1SCC(F)F. The lowest BCUT2D eigenvalue weighted by Crippen LogP contribution is -2.36. The number of alkyl halides is 2. The Balaban J connectivity index is 2.84. The first-order valence-corrected chi connectivity index (χ1v) is 7.33. The van der Waals surface area contributed by atoms with E-state index in [1.165, 1.54) is 11.0 Å². The van der Waals surface area contributed by atoms with Crippen LogP contribution in [0.5, 0.6) is 0 Å². The highest BCUT2D eigenvalue weighted by Crippen LogP contribution is 2.29. The molecule has 21 heavy (non-hydrogen) atoms. The molecule has 0 aromatic heterocycles. The van der Waals surface area contributed by atoms with Crippen molar-refractivity contribution in [3.05, 3.63) is 24.0 Å². The van der Waals surface area contributed by atoms with Gasteiger partial charge in [-0.3, -0.25) is 0 Å². The fourth-order valence-corrected chi connectivity index (χ4v) is 2.33. The number of thioether (sulfide) groups is 1. The molecule has 0 saturated carbocycles. The smallest absolute Gasteiger partial charge is 0.321 e. The van der Waals surface area contributed by atoms with Gasteiger partial charge in [-0.2, -0.15) is 0 Å². The highest BCUT2D eigenvalue weighted by molar-refractivity contribution is 7.99. The number of anilines is 1. The Bertz CT molecular complexity index is 475. The van der Waals surface area contributed by atoms with Gasteiger partial charge in [0.15, 0.2) is 0 Å². The number of aliphatic hydroxyl groups is 1. The Hall–Kier alpha value is -1.41. The molecule has 0 heterocycles. The molecule has 0 aliphatic rings. The number of urea groups is 1. The zero-order valence-electron chi connectivity index (χ0n) is 11.5. The quantitative estimate of drug-likeness (QED) is 0.759. The van der Waals surface area contributed by atoms with E-state index < -0.39 is 24.0 Å². The summed E-state index contributed by atoms with van der Waals surface area (Å²) in [6, 6.07) is 3.06. The van der Waals surface area contributed by atoms with Crippen LogP contribution in [0.2, 0.25) is 0 Å². The van der Waals surface area contributed by atoms with Gasteiger partial charge in [0.2, 0.25) is 6.43 Å². The molecular weight excluding hydrogens is 305 g/mol. The average molecular weight is 322 g/mol. The van der Waals surface area contributed by atoms with Gasteiger partial charge in [-0.15, -0.1) is 11.8 Å². The minimum absolute atomic E-state index is 0.136. The van der Waals surface area contributed by atoms with Crippen molar-refractivity contribution >= 4 is 23.5 Å². The number of hydrogen-bond acceptors (Lipinski definition) is 3. The minimum atomic E-state index is -2.50. The molecule has 1 rings (SSSR count). The maximum Gasteiger partial charge on any atom is 0.321 e. The number of halogens is 3. The van der Waals surface area contributed by atoms with Gasteiger partial charge in [-0.25, -0.2) is 18.0 Å². The van der Waals surface area contributed by atoms with Crippen molar-refractivity contribution in [3.8, 4) is 0 Å². The van der Waals surface area contributed by atoms with Gasteiger partial charge >= 0.3 is 6.03 Å². The summed E-state index contributed by atoms with van der Waals surface area (Å²) in [4.78, 5) is 13.7. The Morgan fingerprint density at radius 2 is 2.19 bits per heavy atom. The average Bonchev–Trinajstić information content (AvgIpc) is 2.43. The lowest BCUT2D eigenvalue weighted by molar-refractivity contribution is 0.177. The van der Waals surface area contributed by atoms with Crippen molar-refractivity contribution in [2.75, 3.05) is 30.8 Å². The van der Waals surface area contributed by atoms with Crippen LogP contribution in [0, 0.1) is 5.82 Å².